The number of sulfonamides is 1. The van der Waals surface area contributed by atoms with Crippen molar-refractivity contribution in [2.24, 2.45) is 5.92 Å². The van der Waals surface area contributed by atoms with Gasteiger partial charge in [0.25, 0.3) is 0 Å². The molecule has 1 aliphatic rings. The highest BCUT2D eigenvalue weighted by molar-refractivity contribution is 7.89. The first-order valence-electron chi connectivity index (χ1n) is 6.14. The molecular formula is C12H16ClFN2O2S. The van der Waals surface area contributed by atoms with Crippen molar-refractivity contribution >= 4 is 21.6 Å². The van der Waals surface area contributed by atoms with Crippen LogP contribution in [0.2, 0.25) is 5.02 Å². The fourth-order valence-electron chi connectivity index (χ4n) is 2.13. The Kier molecular flexibility index (Phi) is 4.78. The van der Waals surface area contributed by atoms with Crippen molar-refractivity contribution in [3.8, 4) is 0 Å². The molecule has 0 radical (unpaired) electrons. The van der Waals surface area contributed by atoms with E-state index in [9.17, 15) is 12.8 Å². The van der Waals surface area contributed by atoms with Crippen molar-refractivity contribution in [3.05, 3.63) is 29.0 Å². The zero-order valence-electron chi connectivity index (χ0n) is 10.3. The number of hydrogen-bond donors (Lipinski definition) is 2. The van der Waals surface area contributed by atoms with Gasteiger partial charge in [-0.1, -0.05) is 11.6 Å². The molecule has 7 heteroatoms. The van der Waals surface area contributed by atoms with Gasteiger partial charge in [-0.25, -0.2) is 17.5 Å². The lowest BCUT2D eigenvalue weighted by Crippen LogP contribution is -2.27. The van der Waals surface area contributed by atoms with Gasteiger partial charge < -0.3 is 5.32 Å². The van der Waals surface area contributed by atoms with Crippen LogP contribution in [-0.2, 0) is 10.0 Å². The van der Waals surface area contributed by atoms with Crippen LogP contribution < -0.4 is 10.0 Å². The van der Waals surface area contributed by atoms with Crippen molar-refractivity contribution in [2.45, 2.75) is 17.7 Å². The molecule has 1 heterocycles. The van der Waals surface area contributed by atoms with Crippen LogP contribution in [0.25, 0.3) is 0 Å². The summed E-state index contributed by atoms with van der Waals surface area (Å²) in [5, 5.41) is 3.13. The number of benzene rings is 1. The third-order valence-corrected chi connectivity index (χ3v) is 5.13. The average molecular weight is 307 g/mol. The molecule has 1 aromatic carbocycles. The summed E-state index contributed by atoms with van der Waals surface area (Å²) in [6.45, 7) is 2.28. The highest BCUT2D eigenvalue weighted by Gasteiger charge is 2.19. The first kappa shape index (κ1) is 14.7. The topological polar surface area (TPSA) is 58.2 Å². The van der Waals surface area contributed by atoms with Gasteiger partial charge in [-0.2, -0.15) is 0 Å². The van der Waals surface area contributed by atoms with Gasteiger partial charge in [0.15, 0.2) is 0 Å². The molecule has 1 aromatic rings. The SMILES string of the molecule is O=S(=O)(NCC[C@H]1CCNC1)c1ccc(F)cc1Cl. The van der Waals surface area contributed by atoms with Gasteiger partial charge in [0, 0.05) is 6.54 Å². The lowest BCUT2D eigenvalue weighted by molar-refractivity contribution is 0.519. The minimum atomic E-state index is -3.67. The molecule has 0 aromatic heterocycles. The van der Waals surface area contributed by atoms with E-state index in [0.29, 0.717) is 12.5 Å². The van der Waals surface area contributed by atoms with E-state index in [2.05, 4.69) is 10.0 Å². The molecule has 106 valence electrons. The van der Waals surface area contributed by atoms with Crippen LogP contribution in [0.1, 0.15) is 12.8 Å². The van der Waals surface area contributed by atoms with E-state index in [4.69, 9.17) is 11.6 Å². The second-order valence-corrected chi connectivity index (χ2v) is 6.76. The standard InChI is InChI=1S/C12H16ClFN2O2S/c13-11-7-10(14)1-2-12(11)19(17,18)16-6-4-9-3-5-15-8-9/h1-2,7,9,15-16H,3-6,8H2/t9-/m1/s1. The predicted octanol–water partition coefficient (Wildman–Crippen LogP) is 1.76. The minimum Gasteiger partial charge on any atom is -0.316 e. The fourth-order valence-corrected chi connectivity index (χ4v) is 3.71. The zero-order valence-corrected chi connectivity index (χ0v) is 11.9. The highest BCUT2D eigenvalue weighted by Crippen LogP contribution is 2.22. The Hall–Kier alpha value is -0.690. The highest BCUT2D eigenvalue weighted by atomic mass is 35.5. The molecule has 1 atom stereocenters. The van der Waals surface area contributed by atoms with E-state index in [1.165, 1.54) is 6.07 Å². The van der Waals surface area contributed by atoms with E-state index in [0.717, 1.165) is 38.1 Å². The van der Waals surface area contributed by atoms with Crippen LogP contribution in [0.15, 0.2) is 23.1 Å². The van der Waals surface area contributed by atoms with Gasteiger partial charge in [0.2, 0.25) is 10.0 Å². The number of halogens is 2. The van der Waals surface area contributed by atoms with Gasteiger partial charge >= 0.3 is 0 Å². The summed E-state index contributed by atoms with van der Waals surface area (Å²) in [5.74, 6) is -0.0487. The van der Waals surface area contributed by atoms with E-state index < -0.39 is 15.8 Å². The van der Waals surface area contributed by atoms with E-state index >= 15 is 0 Å². The molecule has 0 spiro atoms. The summed E-state index contributed by atoms with van der Waals surface area (Å²) < 4.78 is 39.4. The molecule has 2 rings (SSSR count). The van der Waals surface area contributed by atoms with Crippen LogP contribution in [0.3, 0.4) is 0 Å². The quantitative estimate of drug-likeness (QED) is 0.871. The first-order chi connectivity index (χ1) is 8.99. The molecule has 1 fully saturated rings. The summed E-state index contributed by atoms with van der Waals surface area (Å²) in [6, 6.07) is 3.26. The molecular weight excluding hydrogens is 291 g/mol. The predicted molar refractivity (Wildman–Crippen MR) is 72.2 cm³/mol. The summed E-state index contributed by atoms with van der Waals surface area (Å²) >= 11 is 5.75. The Morgan fingerprint density at radius 2 is 2.26 bits per heavy atom. The second kappa shape index (κ2) is 6.17. The molecule has 0 aliphatic carbocycles. The molecule has 0 saturated carbocycles. The van der Waals surface area contributed by atoms with Crippen molar-refractivity contribution < 1.29 is 12.8 Å². The maximum absolute atomic E-state index is 12.9. The maximum Gasteiger partial charge on any atom is 0.242 e. The average Bonchev–Trinajstić information content (AvgIpc) is 2.81. The van der Waals surface area contributed by atoms with Crippen LogP contribution in [0.5, 0.6) is 0 Å². The number of hydrogen-bond acceptors (Lipinski definition) is 3. The third-order valence-electron chi connectivity index (χ3n) is 3.19. The van der Waals surface area contributed by atoms with Gasteiger partial charge in [-0.05, 0) is 50.0 Å². The number of nitrogens with one attached hydrogen (secondary N) is 2. The molecule has 1 aliphatic heterocycles. The Morgan fingerprint density at radius 1 is 1.47 bits per heavy atom. The van der Waals surface area contributed by atoms with Crippen molar-refractivity contribution in [1.82, 2.24) is 10.0 Å². The van der Waals surface area contributed by atoms with Crippen molar-refractivity contribution in [2.75, 3.05) is 19.6 Å². The molecule has 19 heavy (non-hydrogen) atoms. The van der Waals surface area contributed by atoms with Crippen LogP contribution >= 0.6 is 11.6 Å². The molecule has 0 unspecified atom stereocenters. The van der Waals surface area contributed by atoms with E-state index in [1.54, 1.807) is 0 Å². The van der Waals surface area contributed by atoms with E-state index in [-0.39, 0.29) is 9.92 Å². The fraction of sp³-hybridized carbons (Fsp3) is 0.500. The smallest absolute Gasteiger partial charge is 0.242 e. The Bertz CT molecular complexity index is 545. The summed E-state index contributed by atoms with van der Waals surface area (Å²) in [6.07, 6.45) is 1.85. The third kappa shape index (κ3) is 3.89. The van der Waals surface area contributed by atoms with Gasteiger partial charge in [0.1, 0.15) is 10.7 Å². The molecule has 0 amide bonds. The van der Waals surface area contributed by atoms with Crippen LogP contribution in [-0.4, -0.2) is 28.1 Å². The molecule has 4 nitrogen and oxygen atoms in total. The molecule has 2 N–H and O–H groups in total. The Morgan fingerprint density at radius 3 is 2.89 bits per heavy atom. The molecule has 1 saturated heterocycles. The summed E-state index contributed by atoms with van der Waals surface area (Å²) in [5.41, 5.74) is 0. The largest absolute Gasteiger partial charge is 0.316 e. The van der Waals surface area contributed by atoms with Crippen LogP contribution in [0, 0.1) is 11.7 Å². The summed E-state index contributed by atoms with van der Waals surface area (Å²) in [4.78, 5) is -0.0832. The lowest BCUT2D eigenvalue weighted by Gasteiger charge is -2.11. The van der Waals surface area contributed by atoms with Crippen molar-refractivity contribution in [3.63, 3.8) is 0 Å². The zero-order chi connectivity index (χ0) is 13.9. The number of rotatable bonds is 5. The summed E-state index contributed by atoms with van der Waals surface area (Å²) in [7, 11) is -3.67. The monoisotopic (exact) mass is 306 g/mol. The van der Waals surface area contributed by atoms with Crippen molar-refractivity contribution in [1.29, 1.82) is 0 Å². The van der Waals surface area contributed by atoms with E-state index in [1.807, 2.05) is 0 Å². The Balaban J connectivity index is 1.97. The van der Waals surface area contributed by atoms with Gasteiger partial charge in [-0.3, -0.25) is 0 Å². The lowest BCUT2D eigenvalue weighted by atomic mass is 10.1. The molecule has 0 bridgehead atoms. The maximum atomic E-state index is 12.9. The first-order valence-corrected chi connectivity index (χ1v) is 8.00. The van der Waals surface area contributed by atoms with Crippen LogP contribution in [0.4, 0.5) is 4.39 Å². The minimum absolute atomic E-state index is 0.0832. The normalized spacial score (nSPS) is 19.8. The van der Waals surface area contributed by atoms with Gasteiger partial charge in [0.05, 0.1) is 5.02 Å². The second-order valence-electron chi connectivity index (χ2n) is 4.62. The van der Waals surface area contributed by atoms with Gasteiger partial charge in [-0.15, -0.1) is 0 Å². The Labute approximate surface area is 117 Å².